The van der Waals surface area contributed by atoms with Crippen molar-refractivity contribution in [2.45, 2.75) is 0 Å². The van der Waals surface area contributed by atoms with Crippen molar-refractivity contribution < 1.29 is 13.8 Å². The molecule has 11 nitrogen and oxygen atoms in total. The van der Waals surface area contributed by atoms with Gasteiger partial charge in [0.2, 0.25) is 0 Å². The topological polar surface area (TPSA) is 131 Å². The zero-order valence-corrected chi connectivity index (χ0v) is 9.15. The molecule has 0 amide bonds. The average Bonchev–Trinajstić information content (AvgIpc) is 2.74. The molecule has 0 spiro atoms. The van der Waals surface area contributed by atoms with Gasteiger partial charge < -0.3 is 9.05 Å². The van der Waals surface area contributed by atoms with E-state index in [-0.39, 0.29) is 9.48 Å². The third-order valence-corrected chi connectivity index (χ3v) is 2.16. The fraction of sp³-hybridized carbons (Fsp3) is 0.286. The molecule has 18 heavy (non-hydrogen) atoms. The summed E-state index contributed by atoms with van der Waals surface area (Å²) in [5, 5.41) is 0. The van der Waals surface area contributed by atoms with Crippen LogP contribution in [-0.2, 0) is 14.1 Å². The Morgan fingerprint density at radius 1 is 0.833 bits per heavy atom. The molecule has 96 valence electrons. The van der Waals surface area contributed by atoms with Gasteiger partial charge in [-0.1, -0.05) is 9.48 Å². The molecule has 2 rings (SSSR count). The molecule has 0 fully saturated rings. The molecule has 2 aromatic heterocycles. The van der Waals surface area contributed by atoms with Crippen molar-refractivity contribution in [3.8, 4) is 0 Å². The van der Waals surface area contributed by atoms with E-state index in [1.807, 2.05) is 0 Å². The molecular formula is C7H6N4O7. The van der Waals surface area contributed by atoms with Crippen LogP contribution in [0.2, 0.25) is 0 Å². The normalized spacial score (nSPS) is 10.8. The van der Waals surface area contributed by atoms with Gasteiger partial charge in [-0.15, -0.1) is 0 Å². The van der Waals surface area contributed by atoms with Crippen molar-refractivity contribution in [2.24, 2.45) is 14.1 Å². The van der Waals surface area contributed by atoms with E-state index in [1.165, 1.54) is 0 Å². The van der Waals surface area contributed by atoms with Gasteiger partial charge in [-0.05, 0) is 0 Å². The highest BCUT2D eigenvalue weighted by atomic mass is 16.6. The van der Waals surface area contributed by atoms with Crippen LogP contribution in [0.1, 0.15) is 0 Å². The van der Waals surface area contributed by atoms with Gasteiger partial charge in [0.1, 0.15) is 0 Å². The summed E-state index contributed by atoms with van der Waals surface area (Å²) < 4.78 is 9.61. The summed E-state index contributed by atoms with van der Waals surface area (Å²) in [6, 6.07) is -1.40. The van der Waals surface area contributed by atoms with Gasteiger partial charge in [0.15, 0.2) is 0 Å². The Morgan fingerprint density at radius 2 is 1.17 bits per heavy atom. The van der Waals surface area contributed by atoms with Crippen LogP contribution < -0.4 is 22.9 Å². The zero-order valence-electron chi connectivity index (χ0n) is 9.15. The zero-order chi connectivity index (χ0) is 13.6. The van der Waals surface area contributed by atoms with Gasteiger partial charge in [0.05, 0.1) is 0 Å². The number of hydrogen-bond acceptors (Lipinski definition) is 7. The Hall–Kier alpha value is -2.85. The molecule has 2 aromatic rings. The summed E-state index contributed by atoms with van der Waals surface area (Å²) in [6.07, 6.45) is 0. The van der Waals surface area contributed by atoms with Crippen LogP contribution in [0.4, 0.5) is 4.79 Å². The first-order chi connectivity index (χ1) is 8.34. The molecule has 2 heterocycles. The van der Waals surface area contributed by atoms with Gasteiger partial charge in [-0.2, -0.15) is 0 Å². The Kier molecular flexibility index (Phi) is 2.31. The second-order valence-corrected chi connectivity index (χ2v) is 3.27. The van der Waals surface area contributed by atoms with Gasteiger partial charge in [-0.25, -0.2) is 33.1 Å². The van der Waals surface area contributed by atoms with Crippen LogP contribution in [0.5, 0.6) is 0 Å². The lowest BCUT2D eigenvalue weighted by Gasteiger charge is -1.93. The van der Waals surface area contributed by atoms with Gasteiger partial charge in [0, 0.05) is 14.1 Å². The molecule has 0 aliphatic heterocycles. The number of carbonyl (C=O) groups is 1. The van der Waals surface area contributed by atoms with Gasteiger partial charge >= 0.3 is 28.9 Å². The molecule has 0 N–H and O–H groups in total. The molecule has 0 radical (unpaired) electrons. The molecule has 0 unspecified atom stereocenters. The molecular weight excluding hydrogens is 252 g/mol. The number of nitrogens with zero attached hydrogens (tertiary/aromatic N) is 4. The van der Waals surface area contributed by atoms with E-state index in [9.17, 15) is 24.0 Å². The Labute approximate surface area is 95.6 Å². The predicted molar refractivity (Wildman–Crippen MR) is 52.6 cm³/mol. The molecule has 0 saturated carbocycles. The highest BCUT2D eigenvalue weighted by Crippen LogP contribution is 1.83. The maximum Gasteiger partial charge on any atom is 0.442 e. The minimum absolute atomic E-state index is 0.00662. The number of carbonyl (C=O) groups excluding carboxylic acids is 1. The first-order valence-corrected chi connectivity index (χ1v) is 4.48. The van der Waals surface area contributed by atoms with Crippen LogP contribution in [0.3, 0.4) is 0 Å². The smallest absolute Gasteiger partial charge is 0.307 e. The minimum atomic E-state index is -1.40. The van der Waals surface area contributed by atoms with Crippen LogP contribution in [-0.4, -0.2) is 24.6 Å². The van der Waals surface area contributed by atoms with Crippen LogP contribution in [0.15, 0.2) is 28.2 Å². The van der Waals surface area contributed by atoms with Gasteiger partial charge in [-0.3, -0.25) is 0 Å². The molecule has 0 aromatic carbocycles. The fourth-order valence-electron chi connectivity index (χ4n) is 1.11. The maximum atomic E-state index is 11.7. The van der Waals surface area contributed by atoms with E-state index in [4.69, 9.17) is 0 Å². The first-order valence-electron chi connectivity index (χ1n) is 4.48. The number of aromatic nitrogens is 4. The van der Waals surface area contributed by atoms with E-state index in [0.29, 0.717) is 9.13 Å². The van der Waals surface area contributed by atoms with E-state index < -0.39 is 28.9 Å². The lowest BCUT2D eigenvalue weighted by Crippen LogP contribution is -2.37. The van der Waals surface area contributed by atoms with Crippen LogP contribution in [0, 0.1) is 0 Å². The van der Waals surface area contributed by atoms with Crippen molar-refractivity contribution in [2.75, 3.05) is 0 Å². The number of hydrogen-bond donors (Lipinski definition) is 0. The van der Waals surface area contributed by atoms with E-state index in [1.54, 1.807) is 0 Å². The quantitative estimate of drug-likeness (QED) is 0.495. The molecule has 0 aliphatic rings. The second kappa shape index (κ2) is 3.58. The summed E-state index contributed by atoms with van der Waals surface area (Å²) in [6.45, 7) is 0. The summed E-state index contributed by atoms with van der Waals surface area (Å²) in [4.78, 5) is 56.4. The maximum absolute atomic E-state index is 11.7. The highest BCUT2D eigenvalue weighted by molar-refractivity contribution is 5.75. The Morgan fingerprint density at radius 3 is 1.39 bits per heavy atom. The number of rotatable bonds is 0. The summed E-state index contributed by atoms with van der Waals surface area (Å²) in [5.74, 6) is -2.20. The Bertz CT molecular complexity index is 780. The molecule has 0 atom stereocenters. The van der Waals surface area contributed by atoms with Crippen molar-refractivity contribution in [3.63, 3.8) is 0 Å². The van der Waals surface area contributed by atoms with Crippen LogP contribution >= 0.6 is 0 Å². The lowest BCUT2D eigenvalue weighted by molar-refractivity contribution is 0.173. The van der Waals surface area contributed by atoms with Crippen molar-refractivity contribution in [1.29, 1.82) is 0 Å². The van der Waals surface area contributed by atoms with Crippen molar-refractivity contribution in [3.05, 3.63) is 42.1 Å². The molecule has 11 heteroatoms. The van der Waals surface area contributed by atoms with Crippen molar-refractivity contribution in [1.82, 2.24) is 18.6 Å². The standard InChI is InChI=1S/C7H6N4O7/c1-8-3(12)10(17-6(8)15)5(14)11-4(13)9(2)7(16)18-11/h1-2H3. The van der Waals surface area contributed by atoms with E-state index >= 15 is 0 Å². The monoisotopic (exact) mass is 258 g/mol. The average molecular weight is 258 g/mol. The summed E-state index contributed by atoms with van der Waals surface area (Å²) in [7, 11) is 2.14. The summed E-state index contributed by atoms with van der Waals surface area (Å²) >= 11 is 0. The van der Waals surface area contributed by atoms with Crippen LogP contribution in [0.25, 0.3) is 0 Å². The van der Waals surface area contributed by atoms with E-state index in [0.717, 1.165) is 14.1 Å². The Balaban J connectivity index is 2.70. The second-order valence-electron chi connectivity index (χ2n) is 3.27. The molecule has 0 bridgehead atoms. The van der Waals surface area contributed by atoms with E-state index in [2.05, 4.69) is 9.05 Å². The molecule has 0 saturated heterocycles. The lowest BCUT2D eigenvalue weighted by atomic mass is 10.9. The highest BCUT2D eigenvalue weighted by Gasteiger charge is 2.23. The molecule has 0 aliphatic carbocycles. The SMILES string of the molecule is Cn1c(=O)on(C(=O)n2oc(=O)n(C)c2=O)c1=O. The fourth-order valence-corrected chi connectivity index (χ4v) is 1.11. The van der Waals surface area contributed by atoms with Crippen molar-refractivity contribution >= 4 is 6.03 Å². The third-order valence-electron chi connectivity index (χ3n) is 2.16. The summed E-state index contributed by atoms with van der Waals surface area (Å²) in [5.41, 5.74) is -2.22. The minimum Gasteiger partial charge on any atom is -0.307 e. The first kappa shape index (κ1) is 11.6. The van der Waals surface area contributed by atoms with Gasteiger partial charge in [0.25, 0.3) is 0 Å². The predicted octanol–water partition coefficient (Wildman–Crippen LogP) is -2.89. The third kappa shape index (κ3) is 1.41. The largest absolute Gasteiger partial charge is 0.442 e.